The van der Waals surface area contributed by atoms with Gasteiger partial charge in [0.05, 0.1) is 5.57 Å². The Balaban J connectivity index is 1.63. The molecule has 2 aromatic rings. The lowest BCUT2D eigenvalue weighted by molar-refractivity contribution is -0.138. The Morgan fingerprint density at radius 1 is 0.900 bits per heavy atom. The van der Waals surface area contributed by atoms with Gasteiger partial charge in [0.15, 0.2) is 11.5 Å². The fourth-order valence-corrected chi connectivity index (χ4v) is 4.61. The molecule has 0 N–H and O–H groups in total. The van der Waals surface area contributed by atoms with Crippen LogP contribution in [0.4, 0.5) is 0 Å². The number of hydrogen-bond acceptors (Lipinski definition) is 4. The van der Waals surface area contributed by atoms with Crippen molar-refractivity contribution in [2.45, 2.75) is 44.9 Å². The minimum atomic E-state index is -0.502. The number of Topliss-reactive ketones (excluding diaryl/α,β-unsaturated/α-hetero) is 2. The Morgan fingerprint density at radius 2 is 1.47 bits per heavy atom. The van der Waals surface area contributed by atoms with Gasteiger partial charge in [-0.05, 0) is 55.2 Å². The summed E-state index contributed by atoms with van der Waals surface area (Å²) < 4.78 is 5.43. The number of ether oxygens (including phenoxy) is 1. The minimum absolute atomic E-state index is 0.0690. The molecule has 5 heteroatoms. The highest BCUT2D eigenvalue weighted by Gasteiger charge is 2.39. The summed E-state index contributed by atoms with van der Waals surface area (Å²) in [6.45, 7) is 1.67. The number of benzene rings is 2. The zero-order chi connectivity index (χ0) is 21.3. The first-order chi connectivity index (χ1) is 14.5. The Bertz CT molecular complexity index is 1030. The molecule has 0 amide bonds. The van der Waals surface area contributed by atoms with Crippen LogP contribution in [0.15, 0.2) is 59.9 Å². The van der Waals surface area contributed by atoms with Gasteiger partial charge in [-0.25, -0.2) is 0 Å². The first-order valence-corrected chi connectivity index (χ1v) is 10.8. The summed E-state index contributed by atoms with van der Waals surface area (Å²) in [6.07, 6.45) is 3.46. The van der Waals surface area contributed by atoms with Crippen molar-refractivity contribution >= 4 is 29.1 Å². The van der Waals surface area contributed by atoms with E-state index in [2.05, 4.69) is 0 Å². The van der Waals surface area contributed by atoms with Crippen LogP contribution in [0.25, 0.3) is 0 Å². The van der Waals surface area contributed by atoms with Gasteiger partial charge >= 0.3 is 5.97 Å². The summed E-state index contributed by atoms with van der Waals surface area (Å²) in [5.74, 6) is -0.848. The molecule has 30 heavy (non-hydrogen) atoms. The SMILES string of the molecule is CCC(=O)OC1=C(C2CCC(c3ccc(Cl)cc3)CC2)C(=O)c2ccccc2C1=O. The zero-order valence-electron chi connectivity index (χ0n) is 16.8. The highest BCUT2D eigenvalue weighted by Crippen LogP contribution is 2.42. The summed E-state index contributed by atoms with van der Waals surface area (Å²) in [6, 6.07) is 14.6. The number of carbonyl (C=O) groups excluding carboxylic acids is 3. The molecule has 0 atom stereocenters. The van der Waals surface area contributed by atoms with Gasteiger partial charge in [-0.2, -0.15) is 0 Å². The summed E-state index contributed by atoms with van der Waals surface area (Å²) in [5.41, 5.74) is 2.31. The van der Waals surface area contributed by atoms with E-state index < -0.39 is 5.97 Å². The fourth-order valence-electron chi connectivity index (χ4n) is 4.48. The van der Waals surface area contributed by atoms with Crippen LogP contribution in [0.3, 0.4) is 0 Å². The third-order valence-electron chi connectivity index (χ3n) is 6.09. The average molecular weight is 423 g/mol. The number of halogens is 1. The van der Waals surface area contributed by atoms with Gasteiger partial charge in [0.2, 0.25) is 5.78 Å². The summed E-state index contributed by atoms with van der Waals surface area (Å²) in [5, 5.41) is 0.713. The van der Waals surface area contributed by atoms with Crippen molar-refractivity contribution in [2.24, 2.45) is 5.92 Å². The van der Waals surface area contributed by atoms with Crippen LogP contribution in [-0.4, -0.2) is 17.5 Å². The lowest BCUT2D eigenvalue weighted by Crippen LogP contribution is -2.30. The van der Waals surface area contributed by atoms with Crippen molar-refractivity contribution in [3.05, 3.63) is 81.6 Å². The van der Waals surface area contributed by atoms with E-state index >= 15 is 0 Å². The van der Waals surface area contributed by atoms with Gasteiger partial charge in [0, 0.05) is 22.6 Å². The predicted octanol–water partition coefficient (Wildman–Crippen LogP) is 5.90. The van der Waals surface area contributed by atoms with Crippen molar-refractivity contribution in [2.75, 3.05) is 0 Å². The number of fused-ring (bicyclic) bond motifs is 1. The molecule has 0 radical (unpaired) electrons. The largest absolute Gasteiger partial charge is 0.422 e. The van der Waals surface area contributed by atoms with Crippen LogP contribution in [0.5, 0.6) is 0 Å². The maximum Gasteiger partial charge on any atom is 0.311 e. The molecule has 2 aliphatic carbocycles. The molecular weight excluding hydrogens is 400 g/mol. The zero-order valence-corrected chi connectivity index (χ0v) is 17.6. The summed E-state index contributed by atoms with van der Waals surface area (Å²) in [7, 11) is 0. The van der Waals surface area contributed by atoms with Crippen molar-refractivity contribution in [3.63, 3.8) is 0 Å². The average Bonchev–Trinajstić information content (AvgIpc) is 2.78. The van der Waals surface area contributed by atoms with Crippen LogP contribution in [0, 0.1) is 5.92 Å². The van der Waals surface area contributed by atoms with E-state index in [1.807, 2.05) is 24.3 Å². The Morgan fingerprint density at radius 3 is 2.07 bits per heavy atom. The van der Waals surface area contributed by atoms with Gasteiger partial charge in [0.1, 0.15) is 0 Å². The quantitative estimate of drug-likeness (QED) is 0.575. The normalized spacial score (nSPS) is 21.4. The second kappa shape index (κ2) is 8.57. The maximum absolute atomic E-state index is 13.3. The van der Waals surface area contributed by atoms with E-state index in [1.54, 1.807) is 31.2 Å². The Kier molecular flexibility index (Phi) is 5.87. The molecule has 1 fully saturated rings. The van der Waals surface area contributed by atoms with Gasteiger partial charge in [-0.15, -0.1) is 0 Å². The number of esters is 1. The second-order valence-corrected chi connectivity index (χ2v) is 8.31. The van der Waals surface area contributed by atoms with E-state index in [-0.39, 0.29) is 29.7 Å². The lowest BCUT2D eigenvalue weighted by atomic mass is 9.72. The summed E-state index contributed by atoms with van der Waals surface area (Å²) in [4.78, 5) is 38.4. The second-order valence-electron chi connectivity index (χ2n) is 7.87. The van der Waals surface area contributed by atoms with Gasteiger partial charge in [-0.3, -0.25) is 14.4 Å². The minimum Gasteiger partial charge on any atom is -0.422 e. The van der Waals surface area contributed by atoms with Crippen LogP contribution >= 0.6 is 11.6 Å². The fraction of sp³-hybridized carbons (Fsp3) is 0.320. The molecule has 0 aliphatic heterocycles. The smallest absolute Gasteiger partial charge is 0.311 e. The molecular formula is C25H23ClO4. The number of carbonyl (C=O) groups is 3. The third kappa shape index (κ3) is 3.84. The van der Waals surface area contributed by atoms with Crippen molar-refractivity contribution in [3.8, 4) is 0 Å². The molecule has 0 aromatic heterocycles. The van der Waals surface area contributed by atoms with E-state index in [9.17, 15) is 14.4 Å². The Labute approximate surface area is 180 Å². The Hall–Kier alpha value is -2.72. The standard InChI is InChI=1S/C25H23ClO4/c1-2-21(27)30-25-22(23(28)19-5-3-4-6-20(19)24(25)29)17-9-7-15(8-10-17)16-11-13-18(26)14-12-16/h3-6,11-15,17H,2,7-10H2,1H3. The van der Waals surface area contributed by atoms with Crippen LogP contribution in [0.1, 0.15) is 71.2 Å². The topological polar surface area (TPSA) is 60.4 Å². The molecule has 4 nitrogen and oxygen atoms in total. The van der Waals surface area contributed by atoms with Crippen molar-refractivity contribution in [1.82, 2.24) is 0 Å². The molecule has 0 unspecified atom stereocenters. The number of ketones is 2. The number of allylic oxidation sites excluding steroid dienone is 2. The molecule has 2 aromatic carbocycles. The van der Waals surface area contributed by atoms with Crippen LogP contribution in [0.2, 0.25) is 5.02 Å². The number of rotatable bonds is 4. The molecule has 0 heterocycles. The predicted molar refractivity (Wildman–Crippen MR) is 115 cm³/mol. The van der Waals surface area contributed by atoms with Crippen molar-refractivity contribution < 1.29 is 19.1 Å². The van der Waals surface area contributed by atoms with E-state index in [1.165, 1.54) is 5.56 Å². The van der Waals surface area contributed by atoms with E-state index in [0.717, 1.165) is 25.7 Å². The first-order valence-electron chi connectivity index (χ1n) is 10.4. The number of hydrogen-bond donors (Lipinski definition) is 0. The molecule has 4 rings (SSSR count). The summed E-state index contributed by atoms with van der Waals surface area (Å²) >= 11 is 6.00. The van der Waals surface area contributed by atoms with Gasteiger partial charge in [0.25, 0.3) is 0 Å². The molecule has 0 spiro atoms. The van der Waals surface area contributed by atoms with E-state index in [0.29, 0.717) is 27.6 Å². The molecule has 1 saturated carbocycles. The molecule has 0 bridgehead atoms. The highest BCUT2D eigenvalue weighted by atomic mass is 35.5. The van der Waals surface area contributed by atoms with Gasteiger partial charge in [-0.1, -0.05) is 54.9 Å². The molecule has 154 valence electrons. The van der Waals surface area contributed by atoms with Crippen LogP contribution < -0.4 is 0 Å². The monoisotopic (exact) mass is 422 g/mol. The van der Waals surface area contributed by atoms with Crippen LogP contribution in [-0.2, 0) is 9.53 Å². The van der Waals surface area contributed by atoms with Gasteiger partial charge < -0.3 is 4.74 Å². The van der Waals surface area contributed by atoms with E-state index in [4.69, 9.17) is 16.3 Å². The van der Waals surface area contributed by atoms with Crippen molar-refractivity contribution in [1.29, 1.82) is 0 Å². The molecule has 0 saturated heterocycles. The third-order valence-corrected chi connectivity index (χ3v) is 6.35. The first kappa shape index (κ1) is 20.5. The maximum atomic E-state index is 13.3. The molecule has 2 aliphatic rings. The highest BCUT2D eigenvalue weighted by molar-refractivity contribution is 6.30. The lowest BCUT2D eigenvalue weighted by Gasteiger charge is -2.32.